The van der Waals surface area contributed by atoms with Crippen molar-refractivity contribution in [3.05, 3.63) is 30.2 Å². The molecule has 0 amide bonds. The van der Waals surface area contributed by atoms with Crippen LogP contribution in [0.1, 0.15) is 38.5 Å². The first-order valence-corrected chi connectivity index (χ1v) is 9.91. The first-order valence-electron chi connectivity index (χ1n) is 7.13. The minimum Gasteiger partial charge on any atom is -0.446 e. The monoisotopic (exact) mass is 308 g/mol. The van der Waals surface area contributed by atoms with Gasteiger partial charge in [0, 0.05) is 6.20 Å². The van der Waals surface area contributed by atoms with Crippen LogP contribution < -0.4 is 5.73 Å². The standard InChI is InChI=1S/C14H24N4O2Si/c1-14(2,3)12(20-21(4)5)13-17-11(9-19-13)8-18-7-10(15)6-16-18/h6-7,9,12,21H,8,15H2,1-5H3. The number of nitrogens with two attached hydrogens (primary N) is 1. The molecule has 0 bridgehead atoms. The van der Waals surface area contributed by atoms with Crippen LogP contribution in [0.5, 0.6) is 0 Å². The Morgan fingerprint density at radius 1 is 1.43 bits per heavy atom. The van der Waals surface area contributed by atoms with Crippen molar-refractivity contribution in [2.45, 2.75) is 46.5 Å². The third-order valence-electron chi connectivity index (χ3n) is 2.97. The molecular weight excluding hydrogens is 284 g/mol. The number of hydrogen-bond donors (Lipinski definition) is 1. The van der Waals surface area contributed by atoms with Gasteiger partial charge in [-0.25, -0.2) is 4.98 Å². The van der Waals surface area contributed by atoms with Gasteiger partial charge < -0.3 is 14.6 Å². The predicted octanol–water partition coefficient (Wildman–Crippen LogP) is 2.59. The van der Waals surface area contributed by atoms with E-state index < -0.39 is 9.04 Å². The van der Waals surface area contributed by atoms with Gasteiger partial charge in [0.25, 0.3) is 0 Å². The summed E-state index contributed by atoms with van der Waals surface area (Å²) in [5, 5.41) is 4.15. The molecule has 21 heavy (non-hydrogen) atoms. The van der Waals surface area contributed by atoms with E-state index in [1.807, 2.05) is 0 Å². The second kappa shape index (κ2) is 6.03. The lowest BCUT2D eigenvalue weighted by molar-refractivity contribution is 0.0612. The highest BCUT2D eigenvalue weighted by Crippen LogP contribution is 2.36. The van der Waals surface area contributed by atoms with Crippen molar-refractivity contribution in [2.24, 2.45) is 5.41 Å². The fraction of sp³-hybridized carbons (Fsp3) is 0.571. The van der Waals surface area contributed by atoms with E-state index in [1.165, 1.54) is 0 Å². The fourth-order valence-electron chi connectivity index (χ4n) is 2.05. The fourth-order valence-corrected chi connectivity index (χ4v) is 3.12. The molecular formula is C14H24N4O2Si. The predicted molar refractivity (Wildman–Crippen MR) is 84.4 cm³/mol. The van der Waals surface area contributed by atoms with Gasteiger partial charge in [-0.2, -0.15) is 5.10 Å². The minimum atomic E-state index is -1.19. The van der Waals surface area contributed by atoms with Crippen LogP contribution in [0.3, 0.4) is 0 Å². The van der Waals surface area contributed by atoms with E-state index in [1.54, 1.807) is 23.3 Å². The van der Waals surface area contributed by atoms with E-state index >= 15 is 0 Å². The summed E-state index contributed by atoms with van der Waals surface area (Å²) in [5.41, 5.74) is 7.05. The summed E-state index contributed by atoms with van der Waals surface area (Å²) in [6.07, 6.45) is 4.93. The van der Waals surface area contributed by atoms with Crippen LogP contribution in [-0.2, 0) is 11.0 Å². The van der Waals surface area contributed by atoms with E-state index in [9.17, 15) is 0 Å². The molecule has 2 heterocycles. The van der Waals surface area contributed by atoms with Crippen LogP contribution in [0.4, 0.5) is 5.69 Å². The smallest absolute Gasteiger partial charge is 0.222 e. The molecule has 0 saturated carbocycles. The zero-order valence-corrected chi connectivity index (χ0v) is 14.5. The Labute approximate surface area is 127 Å². The highest BCUT2D eigenvalue weighted by Gasteiger charge is 2.32. The second-order valence-corrected chi connectivity index (χ2v) is 8.95. The van der Waals surface area contributed by atoms with Crippen molar-refractivity contribution < 1.29 is 8.84 Å². The van der Waals surface area contributed by atoms with E-state index in [0.717, 1.165) is 5.69 Å². The molecule has 1 unspecified atom stereocenters. The van der Waals surface area contributed by atoms with Crippen molar-refractivity contribution in [3.8, 4) is 0 Å². The quantitative estimate of drug-likeness (QED) is 0.859. The second-order valence-electron chi connectivity index (χ2n) is 6.58. The van der Waals surface area contributed by atoms with Crippen LogP contribution in [-0.4, -0.2) is 23.8 Å². The molecule has 0 spiro atoms. The van der Waals surface area contributed by atoms with E-state index in [4.69, 9.17) is 14.6 Å². The summed E-state index contributed by atoms with van der Waals surface area (Å²) in [6, 6.07) is 0. The number of nitrogen functional groups attached to an aromatic ring is 1. The minimum absolute atomic E-state index is 0.0600. The maximum Gasteiger partial charge on any atom is 0.222 e. The zero-order chi connectivity index (χ0) is 15.6. The lowest BCUT2D eigenvalue weighted by Crippen LogP contribution is -2.26. The SMILES string of the molecule is C[SiH](C)OC(c1nc(Cn2cc(N)cn2)co1)C(C)(C)C. The molecule has 0 aliphatic carbocycles. The molecule has 2 aromatic heterocycles. The van der Waals surface area contributed by atoms with Gasteiger partial charge >= 0.3 is 0 Å². The maximum absolute atomic E-state index is 6.11. The van der Waals surface area contributed by atoms with Gasteiger partial charge in [-0.05, 0) is 18.5 Å². The van der Waals surface area contributed by atoms with Gasteiger partial charge in [-0.1, -0.05) is 20.8 Å². The summed E-state index contributed by atoms with van der Waals surface area (Å²) in [7, 11) is -1.19. The molecule has 0 fully saturated rings. The van der Waals surface area contributed by atoms with Gasteiger partial charge in [-0.3, -0.25) is 4.68 Å². The average Bonchev–Trinajstić information content (AvgIpc) is 2.95. The molecule has 1 atom stereocenters. The van der Waals surface area contributed by atoms with Crippen molar-refractivity contribution >= 4 is 14.7 Å². The number of rotatable bonds is 5. The molecule has 2 rings (SSSR count). The van der Waals surface area contributed by atoms with E-state index in [2.05, 4.69) is 43.9 Å². The molecule has 7 heteroatoms. The highest BCUT2D eigenvalue weighted by molar-refractivity contribution is 6.48. The summed E-state index contributed by atoms with van der Waals surface area (Å²) in [5.74, 6) is 0.638. The maximum atomic E-state index is 6.11. The van der Waals surface area contributed by atoms with Gasteiger partial charge in [0.1, 0.15) is 18.1 Å². The Hall–Kier alpha value is -1.60. The van der Waals surface area contributed by atoms with Crippen LogP contribution >= 0.6 is 0 Å². The van der Waals surface area contributed by atoms with Crippen LogP contribution in [0.2, 0.25) is 13.1 Å². The zero-order valence-electron chi connectivity index (χ0n) is 13.3. The van der Waals surface area contributed by atoms with Gasteiger partial charge in [0.05, 0.1) is 18.4 Å². The Morgan fingerprint density at radius 2 is 2.14 bits per heavy atom. The number of nitrogens with zero attached hydrogens (tertiary/aromatic N) is 3. The van der Waals surface area contributed by atoms with E-state index in [0.29, 0.717) is 18.1 Å². The Morgan fingerprint density at radius 3 is 2.67 bits per heavy atom. The molecule has 6 nitrogen and oxygen atoms in total. The molecule has 2 aromatic rings. The van der Waals surface area contributed by atoms with Gasteiger partial charge in [0.2, 0.25) is 5.89 Å². The molecule has 0 aliphatic heterocycles. The molecule has 0 aromatic carbocycles. The number of anilines is 1. The first-order chi connectivity index (χ1) is 9.75. The van der Waals surface area contributed by atoms with Crippen molar-refractivity contribution in [3.63, 3.8) is 0 Å². The molecule has 116 valence electrons. The number of hydrogen-bond acceptors (Lipinski definition) is 5. The van der Waals surface area contributed by atoms with Crippen LogP contribution in [0, 0.1) is 5.41 Å². The normalized spacial score (nSPS) is 13.8. The molecule has 2 N–H and O–H groups in total. The van der Waals surface area contributed by atoms with Crippen LogP contribution in [0.15, 0.2) is 23.1 Å². The largest absolute Gasteiger partial charge is 0.446 e. The lowest BCUT2D eigenvalue weighted by atomic mass is 9.89. The summed E-state index contributed by atoms with van der Waals surface area (Å²) in [4.78, 5) is 4.56. The van der Waals surface area contributed by atoms with Gasteiger partial charge in [0.15, 0.2) is 9.04 Å². The van der Waals surface area contributed by atoms with Crippen molar-refractivity contribution in [1.82, 2.24) is 14.8 Å². The Balaban J connectivity index is 2.16. The third-order valence-corrected chi connectivity index (χ3v) is 3.78. The molecule has 0 radical (unpaired) electrons. The summed E-state index contributed by atoms with van der Waals surface area (Å²) >= 11 is 0. The number of aromatic nitrogens is 3. The summed E-state index contributed by atoms with van der Waals surface area (Å²) < 4.78 is 13.5. The topological polar surface area (TPSA) is 79.1 Å². The Bertz CT molecular complexity index is 586. The van der Waals surface area contributed by atoms with Crippen molar-refractivity contribution in [2.75, 3.05) is 5.73 Å². The van der Waals surface area contributed by atoms with Crippen molar-refractivity contribution in [1.29, 1.82) is 0 Å². The molecule has 0 saturated heterocycles. The van der Waals surface area contributed by atoms with E-state index in [-0.39, 0.29) is 11.5 Å². The number of oxazole rings is 1. The lowest BCUT2D eigenvalue weighted by Gasteiger charge is -2.29. The Kier molecular flexibility index (Phi) is 4.53. The van der Waals surface area contributed by atoms with Gasteiger partial charge in [-0.15, -0.1) is 0 Å². The highest BCUT2D eigenvalue weighted by atomic mass is 28.3. The third kappa shape index (κ3) is 4.18. The molecule has 0 aliphatic rings. The average molecular weight is 308 g/mol. The summed E-state index contributed by atoms with van der Waals surface area (Å²) in [6.45, 7) is 11.2. The van der Waals surface area contributed by atoms with Crippen LogP contribution in [0.25, 0.3) is 0 Å². The first kappa shape index (κ1) is 15.8.